The van der Waals surface area contributed by atoms with Gasteiger partial charge in [0, 0.05) is 0 Å². The van der Waals surface area contributed by atoms with Gasteiger partial charge >= 0.3 is 107 Å². The molecule has 1 N–H and O–H groups in total. The van der Waals surface area contributed by atoms with Crippen LogP contribution in [0.1, 0.15) is 25.7 Å². The molecule has 0 aliphatic heterocycles. The van der Waals surface area contributed by atoms with E-state index in [-0.39, 0.29) is 15.0 Å². The zero-order chi connectivity index (χ0) is 11.2. The Kier molecular flexibility index (Phi) is 2.27. The number of rotatable bonds is 4. The molecule has 0 spiro atoms. The van der Waals surface area contributed by atoms with Crippen LogP contribution in [0.25, 0.3) is 11.0 Å². The molecule has 88 valence electrons. The summed E-state index contributed by atoms with van der Waals surface area (Å²) in [5.41, 5.74) is 3.41. The average Bonchev–Trinajstić information content (AvgIpc) is 3.25. The fourth-order valence-electron chi connectivity index (χ4n) is 2.63. The Hall–Kier alpha value is -0.861. The van der Waals surface area contributed by atoms with Crippen LogP contribution in [0.2, 0.25) is 0 Å². The molecule has 3 nitrogen and oxygen atoms in total. The number of anilines is 1. The Morgan fingerprint density at radius 1 is 1.12 bits per heavy atom. The average molecular weight is 292 g/mol. The second-order valence-electron chi connectivity index (χ2n) is 5.28. The van der Waals surface area contributed by atoms with E-state index in [2.05, 4.69) is 31.5 Å². The molecule has 2 saturated carbocycles. The van der Waals surface area contributed by atoms with Gasteiger partial charge in [-0.2, -0.15) is 0 Å². The van der Waals surface area contributed by atoms with Crippen molar-refractivity contribution in [3.05, 3.63) is 18.2 Å². The molecule has 0 unspecified atom stereocenters. The van der Waals surface area contributed by atoms with Gasteiger partial charge in [0.2, 0.25) is 0 Å². The molecule has 1 aromatic carbocycles. The zero-order valence-electron chi connectivity index (χ0n) is 9.60. The van der Waals surface area contributed by atoms with Crippen molar-refractivity contribution in [2.45, 2.75) is 31.7 Å². The van der Waals surface area contributed by atoms with E-state index in [0.717, 1.165) is 22.9 Å². The van der Waals surface area contributed by atoms with Gasteiger partial charge in [-0.1, -0.05) is 0 Å². The Morgan fingerprint density at radius 2 is 1.88 bits per heavy atom. The molecule has 0 amide bonds. The number of hydrogen-bond donors (Lipinski definition) is 1. The van der Waals surface area contributed by atoms with Gasteiger partial charge in [-0.05, 0) is 0 Å². The molecule has 0 bridgehead atoms. The van der Waals surface area contributed by atoms with Crippen LogP contribution < -0.4 is 5.32 Å². The number of aromatic nitrogens is 2. The number of nitrogens with one attached hydrogen (secondary N) is 1. The van der Waals surface area contributed by atoms with Crippen LogP contribution >= 0.6 is 0 Å². The van der Waals surface area contributed by atoms with Crippen molar-refractivity contribution in [2.75, 3.05) is 5.32 Å². The van der Waals surface area contributed by atoms with Crippen LogP contribution in [0.4, 0.5) is 5.69 Å². The van der Waals surface area contributed by atoms with E-state index in [4.69, 9.17) is 0 Å². The van der Waals surface area contributed by atoms with E-state index in [1.807, 2.05) is 0 Å². The van der Waals surface area contributed by atoms with E-state index in [1.54, 1.807) is 0 Å². The van der Waals surface area contributed by atoms with Crippen LogP contribution in [-0.4, -0.2) is 29.0 Å². The molecular weight excluding hydrogens is 277 g/mol. The third-order valence-electron chi connectivity index (χ3n) is 3.87. The Morgan fingerprint density at radius 3 is 2.59 bits per heavy atom. The van der Waals surface area contributed by atoms with Crippen LogP contribution in [0.3, 0.4) is 0 Å². The summed E-state index contributed by atoms with van der Waals surface area (Å²) in [6.45, 7) is 0. The first kappa shape index (κ1) is 10.1. The Bertz CT molecular complexity index is 530. The topological polar surface area (TPSA) is 37.8 Å². The fraction of sp³-hybridized carbons (Fsp3) is 0.538. The molecule has 2 fully saturated rings. The SMILES string of the molecule is c1cc(NC(C2CC2)C2CC2)c2n[se]nc2c1. The normalized spacial score (nSPS) is 20.1. The van der Waals surface area contributed by atoms with Crippen LogP contribution in [0.5, 0.6) is 0 Å². The first-order chi connectivity index (χ1) is 8.42. The monoisotopic (exact) mass is 293 g/mol. The minimum absolute atomic E-state index is 0.0781. The third-order valence-corrected chi connectivity index (χ3v) is 5.01. The van der Waals surface area contributed by atoms with Gasteiger partial charge in [-0.3, -0.25) is 0 Å². The predicted molar refractivity (Wildman–Crippen MR) is 69.3 cm³/mol. The van der Waals surface area contributed by atoms with Crippen molar-refractivity contribution in [1.29, 1.82) is 0 Å². The van der Waals surface area contributed by atoms with E-state index < -0.39 is 0 Å². The van der Waals surface area contributed by atoms with Crippen molar-refractivity contribution in [3.8, 4) is 0 Å². The zero-order valence-corrected chi connectivity index (χ0v) is 11.3. The molecule has 2 aromatic rings. The summed E-state index contributed by atoms with van der Waals surface area (Å²) < 4.78 is 8.99. The Labute approximate surface area is 107 Å². The molecule has 2 aliphatic carbocycles. The van der Waals surface area contributed by atoms with Gasteiger partial charge in [-0.15, -0.1) is 0 Å². The molecule has 0 atom stereocenters. The second-order valence-corrected chi connectivity index (χ2v) is 6.39. The first-order valence-electron chi connectivity index (χ1n) is 6.39. The van der Waals surface area contributed by atoms with Crippen molar-refractivity contribution in [2.24, 2.45) is 11.8 Å². The van der Waals surface area contributed by atoms with Gasteiger partial charge < -0.3 is 0 Å². The van der Waals surface area contributed by atoms with Crippen LogP contribution in [-0.2, 0) is 0 Å². The van der Waals surface area contributed by atoms with Crippen LogP contribution in [0, 0.1) is 11.8 Å². The van der Waals surface area contributed by atoms with Gasteiger partial charge in [0.1, 0.15) is 0 Å². The number of fused-ring (bicyclic) bond motifs is 1. The van der Waals surface area contributed by atoms with Gasteiger partial charge in [0.25, 0.3) is 0 Å². The van der Waals surface area contributed by atoms with Gasteiger partial charge in [-0.25, -0.2) is 0 Å². The summed E-state index contributed by atoms with van der Waals surface area (Å²) in [7, 11) is 0. The van der Waals surface area contributed by atoms with Gasteiger partial charge in [0.15, 0.2) is 0 Å². The number of nitrogens with zero attached hydrogens (tertiary/aromatic N) is 2. The maximum atomic E-state index is 4.55. The van der Waals surface area contributed by atoms with E-state index in [9.17, 15) is 0 Å². The van der Waals surface area contributed by atoms with E-state index in [0.29, 0.717) is 6.04 Å². The molecule has 4 rings (SSSR count). The number of hydrogen-bond acceptors (Lipinski definition) is 3. The summed E-state index contributed by atoms with van der Waals surface area (Å²) in [6.07, 6.45) is 5.65. The molecule has 2 aliphatic rings. The first-order valence-corrected chi connectivity index (χ1v) is 7.93. The summed E-state index contributed by atoms with van der Waals surface area (Å²) in [5.74, 6) is 1.84. The molecule has 1 heterocycles. The number of benzene rings is 1. The van der Waals surface area contributed by atoms with E-state index >= 15 is 0 Å². The molecular formula is C13H15N3Se. The summed E-state index contributed by atoms with van der Waals surface area (Å²) in [6, 6.07) is 7.03. The van der Waals surface area contributed by atoms with Crippen LogP contribution in [0.15, 0.2) is 18.2 Å². The van der Waals surface area contributed by atoms with Crippen molar-refractivity contribution in [3.63, 3.8) is 0 Å². The molecule has 0 radical (unpaired) electrons. The Balaban J connectivity index is 1.66. The van der Waals surface area contributed by atoms with Gasteiger partial charge in [0.05, 0.1) is 0 Å². The van der Waals surface area contributed by atoms with Crippen molar-refractivity contribution >= 4 is 31.7 Å². The van der Waals surface area contributed by atoms with Crippen molar-refractivity contribution in [1.82, 2.24) is 7.96 Å². The van der Waals surface area contributed by atoms with E-state index in [1.165, 1.54) is 31.4 Å². The third kappa shape index (κ3) is 1.89. The summed E-state index contributed by atoms with van der Waals surface area (Å²) in [5, 5.41) is 3.76. The summed E-state index contributed by atoms with van der Waals surface area (Å²) in [4.78, 5) is 0. The maximum absolute atomic E-state index is 4.55. The molecule has 4 heteroatoms. The fourth-order valence-corrected chi connectivity index (χ4v) is 3.79. The molecule has 0 saturated heterocycles. The van der Waals surface area contributed by atoms with Crippen molar-refractivity contribution < 1.29 is 0 Å². The standard InChI is InChI=1S/C13H15N3Se/c1-2-10(13-11(3-1)15-17-16-13)14-12(8-4-5-8)9-6-7-9/h1-3,8-9,12,14H,4-7H2. The summed E-state index contributed by atoms with van der Waals surface area (Å²) >= 11 is 0.0781. The predicted octanol–water partition coefficient (Wildman–Crippen LogP) is 2.29. The second kappa shape index (κ2) is 3.82. The quantitative estimate of drug-likeness (QED) is 0.879. The molecule has 1 aromatic heterocycles. The minimum atomic E-state index is 0.0781. The molecule has 17 heavy (non-hydrogen) atoms.